The Morgan fingerprint density at radius 2 is 0.935 bits per heavy atom. The molecule has 0 radical (unpaired) electrons. The minimum Gasteiger partial charge on any atom is -0.355 e. The molecule has 3 aromatic heterocycles. The minimum absolute atomic E-state index is 0.00227. The van der Waals surface area contributed by atoms with E-state index in [0.717, 1.165) is 12.1 Å². The molecule has 6 rings (SSSR count). The lowest BCUT2D eigenvalue weighted by Crippen LogP contribution is -2.57. The Hall–Kier alpha value is -4.64. The van der Waals surface area contributed by atoms with Gasteiger partial charge in [-0.05, 0) is 54.6 Å². The standard InChI is InChI=1S/C26H20N4O24S8/c31-55(32,33)19-17-8-13-4-2-11(28-13)5-10-1-3-12(27-10)7-16-15(6-14(29-16)9-18(30-17)20(19)56(34,35)36)26(62(52,53)54)24(60(46,47)48)22(58(40,41)42)21(57(37,38)39)23(59(43,44)45)25(26)61(49,50)51/h1-9,24,27,29H,(H,31,32,33)(H,34,35,36)(H,37,38,39)(H,40,41,42)(H,43,44,45)(H,46,47,48)(H,49,50,51)(H,52,53,54). The highest BCUT2D eigenvalue weighted by atomic mass is 32.3. The summed E-state index contributed by atoms with van der Waals surface area (Å²) in [7, 11) is -54.5. The third-order valence-corrected chi connectivity index (χ3v) is 18.0. The number of nitrogens with one attached hydrogen (secondary N) is 2. The lowest BCUT2D eigenvalue weighted by Gasteiger charge is -2.40. The molecule has 3 aromatic rings. The van der Waals surface area contributed by atoms with Crippen LogP contribution in [0.3, 0.4) is 0 Å². The Labute approximate surface area is 347 Å². The number of rotatable bonds is 9. The second-order valence-electron chi connectivity index (χ2n) is 12.6. The van der Waals surface area contributed by atoms with Crippen molar-refractivity contribution in [2.45, 2.75) is 10.00 Å². The van der Waals surface area contributed by atoms with Gasteiger partial charge in [-0.1, -0.05) is 0 Å². The zero-order chi connectivity index (χ0) is 46.9. The van der Waals surface area contributed by atoms with E-state index in [2.05, 4.69) is 19.9 Å². The van der Waals surface area contributed by atoms with Crippen molar-refractivity contribution in [2.24, 2.45) is 0 Å². The first-order valence-corrected chi connectivity index (χ1v) is 26.8. The maximum absolute atomic E-state index is 13.9. The first-order chi connectivity index (χ1) is 27.8. The molecule has 62 heavy (non-hydrogen) atoms. The van der Waals surface area contributed by atoms with Crippen LogP contribution in [0.25, 0.3) is 44.0 Å². The average molecular weight is 1030 g/mol. The molecule has 2 unspecified atom stereocenters. The highest BCUT2D eigenvalue weighted by molar-refractivity contribution is 8.02. The highest BCUT2D eigenvalue weighted by Crippen LogP contribution is 2.57. The van der Waals surface area contributed by atoms with Gasteiger partial charge in [-0.2, -0.15) is 67.3 Å². The fourth-order valence-electron chi connectivity index (χ4n) is 6.75. The van der Waals surface area contributed by atoms with Gasteiger partial charge in [0.15, 0.2) is 10.00 Å². The van der Waals surface area contributed by atoms with Crippen molar-refractivity contribution in [3.63, 3.8) is 0 Å². The number of hydrogen-bond donors (Lipinski definition) is 10. The smallest absolute Gasteiger partial charge is 0.298 e. The first kappa shape index (κ1) is 46.9. The monoisotopic (exact) mass is 1030 g/mol. The molecular formula is C26H20N4O24S8. The Morgan fingerprint density at radius 1 is 0.468 bits per heavy atom. The molecule has 28 nitrogen and oxygen atoms in total. The quantitative estimate of drug-likeness (QED) is 0.0937. The molecule has 10 N–H and O–H groups in total. The van der Waals surface area contributed by atoms with E-state index in [1.807, 2.05) is 0 Å². The molecule has 0 fully saturated rings. The van der Waals surface area contributed by atoms with Crippen LogP contribution in [0.4, 0.5) is 0 Å². The Balaban J connectivity index is 2.06. The zero-order valence-corrected chi connectivity index (χ0v) is 35.6. The Morgan fingerprint density at radius 3 is 1.37 bits per heavy atom. The molecule has 3 aliphatic rings. The van der Waals surface area contributed by atoms with E-state index in [1.165, 1.54) is 24.3 Å². The molecule has 8 bridgehead atoms. The van der Waals surface area contributed by atoms with Crippen LogP contribution in [0.1, 0.15) is 28.3 Å². The van der Waals surface area contributed by atoms with Crippen molar-refractivity contribution in [3.05, 3.63) is 90.4 Å². The summed E-state index contributed by atoms with van der Waals surface area (Å²) in [5.74, 6) is 0. The maximum Gasteiger partial charge on any atom is 0.298 e. The molecule has 0 aromatic carbocycles. The normalized spacial score (nSPS) is 20.0. The summed E-state index contributed by atoms with van der Waals surface area (Å²) in [5.41, 5.74) is -7.16. The molecular weight excluding hydrogens is 1010 g/mol. The van der Waals surface area contributed by atoms with Gasteiger partial charge in [0.1, 0.15) is 29.4 Å². The Kier molecular flexibility index (Phi) is 10.7. The van der Waals surface area contributed by atoms with Crippen LogP contribution in [0.2, 0.25) is 0 Å². The molecule has 1 aliphatic carbocycles. The first-order valence-electron chi connectivity index (χ1n) is 15.2. The molecule has 0 saturated carbocycles. The summed E-state index contributed by atoms with van der Waals surface area (Å²) in [5, 5.41) is -4.70. The third kappa shape index (κ3) is 8.07. The van der Waals surface area contributed by atoms with Crippen LogP contribution in [-0.4, -0.2) is 129 Å². The maximum atomic E-state index is 13.9. The predicted molar refractivity (Wildman–Crippen MR) is 209 cm³/mol. The van der Waals surface area contributed by atoms with Gasteiger partial charge >= 0.3 is 0 Å². The van der Waals surface area contributed by atoms with Crippen LogP contribution in [0, 0.1) is 0 Å². The number of nitrogens with zero attached hydrogens (tertiary/aromatic N) is 2. The molecule has 0 saturated heterocycles. The molecule has 336 valence electrons. The third-order valence-electron chi connectivity index (χ3n) is 8.63. The molecule has 0 amide bonds. The average Bonchev–Trinajstić information content (AvgIpc) is 3.83. The minimum atomic E-state index is -7.36. The van der Waals surface area contributed by atoms with E-state index in [0.29, 0.717) is 6.07 Å². The summed E-state index contributed by atoms with van der Waals surface area (Å²) < 4.78 is 286. The largest absolute Gasteiger partial charge is 0.355 e. The molecule has 36 heteroatoms. The summed E-state index contributed by atoms with van der Waals surface area (Å²) in [6.07, 6.45) is 2.51. The lowest BCUT2D eigenvalue weighted by molar-refractivity contribution is 0.414. The lowest BCUT2D eigenvalue weighted by atomic mass is 9.90. The molecule has 5 heterocycles. The van der Waals surface area contributed by atoms with Crippen molar-refractivity contribution in [2.75, 3.05) is 0 Å². The van der Waals surface area contributed by atoms with Gasteiger partial charge in [0.05, 0.1) is 22.8 Å². The number of aromatic amines is 2. The van der Waals surface area contributed by atoms with Gasteiger partial charge in [-0.15, -0.1) is 0 Å². The van der Waals surface area contributed by atoms with Crippen molar-refractivity contribution in [3.8, 4) is 0 Å². The molecule has 2 atom stereocenters. The van der Waals surface area contributed by atoms with Crippen molar-refractivity contribution in [1.82, 2.24) is 19.9 Å². The van der Waals surface area contributed by atoms with Gasteiger partial charge < -0.3 is 9.97 Å². The van der Waals surface area contributed by atoms with Gasteiger partial charge in [0.2, 0.25) is 0 Å². The van der Waals surface area contributed by atoms with Crippen molar-refractivity contribution >= 4 is 125 Å². The van der Waals surface area contributed by atoms with Crippen LogP contribution in [0.5, 0.6) is 0 Å². The number of fused-ring (bicyclic) bond motifs is 8. The number of hydrogen-bond acceptors (Lipinski definition) is 18. The summed E-state index contributed by atoms with van der Waals surface area (Å²) in [4.78, 5) is -3.77. The van der Waals surface area contributed by atoms with E-state index >= 15 is 0 Å². The van der Waals surface area contributed by atoms with Crippen LogP contribution >= 0.6 is 0 Å². The van der Waals surface area contributed by atoms with Gasteiger partial charge in [0, 0.05) is 27.6 Å². The van der Waals surface area contributed by atoms with Crippen molar-refractivity contribution in [1.29, 1.82) is 0 Å². The molecule has 2 aliphatic heterocycles. The second-order valence-corrected chi connectivity index (χ2v) is 23.9. The molecule has 0 spiro atoms. The van der Waals surface area contributed by atoms with E-state index in [9.17, 15) is 104 Å². The van der Waals surface area contributed by atoms with Gasteiger partial charge in [-0.3, -0.25) is 36.4 Å². The fourth-order valence-corrected chi connectivity index (χ4v) is 18.6. The summed E-state index contributed by atoms with van der Waals surface area (Å²) in [6, 6.07) is 5.10. The van der Waals surface area contributed by atoms with E-state index in [4.69, 9.17) is 0 Å². The van der Waals surface area contributed by atoms with E-state index in [-0.39, 0.29) is 34.6 Å². The van der Waals surface area contributed by atoms with Crippen molar-refractivity contribution < 1.29 is 104 Å². The van der Waals surface area contributed by atoms with E-state index in [1.54, 1.807) is 0 Å². The van der Waals surface area contributed by atoms with Crippen LogP contribution in [0.15, 0.2) is 62.1 Å². The SMILES string of the molecule is O=S(=O)(O)C1=C(S(=O)(=O)O)C(S(=O)(=O)O)C(c2cc3cc4nc(cc5nc(cc6ccc(cc2[nH]3)[nH]6)C=C5)C(S(=O)(=O)O)=C4S(=O)(=O)O)(S(=O)(=O)O)C(S(=O)(=O)O)=C1S(=O)(=O)O. The number of aromatic nitrogens is 4. The van der Waals surface area contributed by atoms with Crippen LogP contribution < -0.4 is 0 Å². The Bertz CT molecular complexity index is 3840. The summed E-state index contributed by atoms with van der Waals surface area (Å²) >= 11 is 0. The number of H-pyrrole nitrogens is 2. The highest BCUT2D eigenvalue weighted by Gasteiger charge is 2.71. The van der Waals surface area contributed by atoms with Crippen LogP contribution in [-0.2, 0) is 85.7 Å². The second kappa shape index (κ2) is 14.2. The summed E-state index contributed by atoms with van der Waals surface area (Å²) in [6.45, 7) is 0. The zero-order valence-electron chi connectivity index (χ0n) is 29.0. The van der Waals surface area contributed by atoms with E-state index < -0.39 is 148 Å². The van der Waals surface area contributed by atoms with Gasteiger partial charge in [0.25, 0.3) is 80.9 Å². The van der Waals surface area contributed by atoms with Gasteiger partial charge in [-0.25, -0.2) is 9.97 Å². The topological polar surface area (TPSA) is 492 Å². The fraction of sp³-hybridized carbons (Fsp3) is 0.0769. The predicted octanol–water partition coefficient (Wildman–Crippen LogP) is -0.586.